The summed E-state index contributed by atoms with van der Waals surface area (Å²) in [6, 6.07) is 14.6. The standard InChI is InChI=1S/C19H15F3N4O2/c20-19(21,22)28-16-8-6-14(7-9-16)18(27)25-10-15(11-25)26-12-17(23-24-26)13-4-2-1-3-5-13/h1-9,12,15H,10-11H2. The van der Waals surface area contributed by atoms with E-state index in [1.165, 1.54) is 12.1 Å². The first-order valence-electron chi connectivity index (χ1n) is 8.51. The highest BCUT2D eigenvalue weighted by Gasteiger charge is 2.34. The van der Waals surface area contributed by atoms with Crippen molar-refractivity contribution in [2.24, 2.45) is 0 Å². The van der Waals surface area contributed by atoms with Gasteiger partial charge >= 0.3 is 6.36 Å². The van der Waals surface area contributed by atoms with Crippen molar-refractivity contribution in [1.82, 2.24) is 19.9 Å². The first-order valence-corrected chi connectivity index (χ1v) is 8.51. The van der Waals surface area contributed by atoms with Crippen LogP contribution in [0.1, 0.15) is 16.4 Å². The molecule has 0 unspecified atom stereocenters. The summed E-state index contributed by atoms with van der Waals surface area (Å²) in [7, 11) is 0. The largest absolute Gasteiger partial charge is 0.573 e. The van der Waals surface area contributed by atoms with Crippen LogP contribution in [0.15, 0.2) is 60.8 Å². The number of hydrogen-bond donors (Lipinski definition) is 0. The third-order valence-electron chi connectivity index (χ3n) is 4.44. The lowest BCUT2D eigenvalue weighted by molar-refractivity contribution is -0.274. The van der Waals surface area contributed by atoms with Gasteiger partial charge in [0.25, 0.3) is 5.91 Å². The molecule has 3 aromatic rings. The molecule has 0 saturated carbocycles. The molecule has 1 aromatic heterocycles. The molecule has 9 heteroatoms. The number of aromatic nitrogens is 3. The lowest BCUT2D eigenvalue weighted by atomic mass is 10.1. The highest BCUT2D eigenvalue weighted by atomic mass is 19.4. The van der Waals surface area contributed by atoms with Gasteiger partial charge in [-0.1, -0.05) is 35.5 Å². The number of amides is 1. The van der Waals surface area contributed by atoms with Crippen LogP contribution in [0.25, 0.3) is 11.3 Å². The molecule has 1 fully saturated rings. The molecule has 0 atom stereocenters. The third kappa shape index (κ3) is 3.83. The fourth-order valence-electron chi connectivity index (χ4n) is 2.97. The number of carbonyl (C=O) groups excluding carboxylic acids is 1. The fraction of sp³-hybridized carbons (Fsp3) is 0.211. The summed E-state index contributed by atoms with van der Waals surface area (Å²) in [5, 5.41) is 8.29. The SMILES string of the molecule is O=C(c1ccc(OC(F)(F)F)cc1)N1CC(n2cc(-c3ccccc3)nn2)C1. The molecule has 0 bridgehead atoms. The molecule has 0 radical (unpaired) electrons. The predicted octanol–water partition coefficient (Wildman–Crippen LogP) is 3.54. The second-order valence-electron chi connectivity index (χ2n) is 6.39. The van der Waals surface area contributed by atoms with Crippen LogP contribution in [0, 0.1) is 0 Å². The summed E-state index contributed by atoms with van der Waals surface area (Å²) >= 11 is 0. The van der Waals surface area contributed by atoms with E-state index >= 15 is 0 Å². The second kappa shape index (κ2) is 6.99. The first kappa shape index (κ1) is 18.0. The van der Waals surface area contributed by atoms with E-state index in [2.05, 4.69) is 15.0 Å². The van der Waals surface area contributed by atoms with Crippen molar-refractivity contribution in [1.29, 1.82) is 0 Å². The van der Waals surface area contributed by atoms with Crippen LogP contribution < -0.4 is 4.74 Å². The van der Waals surface area contributed by atoms with Gasteiger partial charge in [0.1, 0.15) is 11.4 Å². The zero-order chi connectivity index (χ0) is 19.7. The number of alkyl halides is 3. The molecule has 144 valence electrons. The zero-order valence-electron chi connectivity index (χ0n) is 14.5. The molecule has 1 aliphatic rings. The quantitative estimate of drug-likeness (QED) is 0.686. The highest BCUT2D eigenvalue weighted by molar-refractivity contribution is 5.94. The molecule has 0 aliphatic carbocycles. The zero-order valence-corrected chi connectivity index (χ0v) is 14.5. The van der Waals surface area contributed by atoms with Crippen molar-refractivity contribution in [3.63, 3.8) is 0 Å². The number of likely N-dealkylation sites (tertiary alicyclic amines) is 1. The first-order chi connectivity index (χ1) is 13.4. The average molecular weight is 388 g/mol. The van der Waals surface area contributed by atoms with Gasteiger partial charge in [-0.2, -0.15) is 0 Å². The van der Waals surface area contributed by atoms with Crippen molar-refractivity contribution in [3.05, 3.63) is 66.4 Å². The minimum atomic E-state index is -4.76. The topological polar surface area (TPSA) is 60.2 Å². The van der Waals surface area contributed by atoms with Gasteiger partial charge in [0.15, 0.2) is 0 Å². The summed E-state index contributed by atoms with van der Waals surface area (Å²) in [6.07, 6.45) is -2.92. The Kier molecular flexibility index (Phi) is 4.50. The number of halogens is 3. The van der Waals surface area contributed by atoms with Crippen LogP contribution in [0.4, 0.5) is 13.2 Å². The van der Waals surface area contributed by atoms with Gasteiger partial charge in [-0.3, -0.25) is 4.79 Å². The van der Waals surface area contributed by atoms with E-state index < -0.39 is 6.36 Å². The Morgan fingerprint density at radius 1 is 1.04 bits per heavy atom. The molecule has 1 aliphatic heterocycles. The maximum Gasteiger partial charge on any atom is 0.573 e. The van der Waals surface area contributed by atoms with E-state index in [-0.39, 0.29) is 17.7 Å². The minimum Gasteiger partial charge on any atom is -0.406 e. The van der Waals surface area contributed by atoms with Crippen molar-refractivity contribution < 1.29 is 22.7 Å². The lowest BCUT2D eigenvalue weighted by Gasteiger charge is -2.38. The predicted molar refractivity (Wildman–Crippen MR) is 93.5 cm³/mol. The fourth-order valence-corrected chi connectivity index (χ4v) is 2.97. The van der Waals surface area contributed by atoms with Gasteiger partial charge in [-0.15, -0.1) is 18.3 Å². The van der Waals surface area contributed by atoms with Crippen LogP contribution >= 0.6 is 0 Å². The number of carbonyl (C=O) groups is 1. The summed E-state index contributed by atoms with van der Waals surface area (Å²) in [5.74, 6) is -0.611. The molecule has 0 spiro atoms. The number of benzene rings is 2. The van der Waals surface area contributed by atoms with Crippen LogP contribution in [0.2, 0.25) is 0 Å². The van der Waals surface area contributed by atoms with Gasteiger partial charge in [0, 0.05) is 24.2 Å². The van der Waals surface area contributed by atoms with E-state index in [1.54, 1.807) is 9.58 Å². The smallest absolute Gasteiger partial charge is 0.406 e. The average Bonchev–Trinajstić information content (AvgIpc) is 3.10. The molecule has 1 amide bonds. The second-order valence-corrected chi connectivity index (χ2v) is 6.39. The van der Waals surface area contributed by atoms with Crippen molar-refractivity contribution >= 4 is 5.91 Å². The third-order valence-corrected chi connectivity index (χ3v) is 4.44. The molecular formula is C19H15F3N4O2. The van der Waals surface area contributed by atoms with Crippen LogP contribution in [0.5, 0.6) is 5.75 Å². The normalized spacial score (nSPS) is 14.6. The maximum atomic E-state index is 12.4. The monoisotopic (exact) mass is 388 g/mol. The molecule has 2 aromatic carbocycles. The lowest BCUT2D eigenvalue weighted by Crippen LogP contribution is -2.50. The highest BCUT2D eigenvalue weighted by Crippen LogP contribution is 2.26. The number of nitrogens with zero attached hydrogens (tertiary/aromatic N) is 4. The summed E-state index contributed by atoms with van der Waals surface area (Å²) < 4.78 is 42.1. The number of rotatable bonds is 4. The molecule has 2 heterocycles. The van der Waals surface area contributed by atoms with Gasteiger partial charge in [0.2, 0.25) is 0 Å². The van der Waals surface area contributed by atoms with Crippen LogP contribution in [-0.2, 0) is 0 Å². The van der Waals surface area contributed by atoms with Gasteiger partial charge < -0.3 is 9.64 Å². The summed E-state index contributed by atoms with van der Waals surface area (Å²) in [5.41, 5.74) is 2.02. The minimum absolute atomic E-state index is 0.0155. The summed E-state index contributed by atoms with van der Waals surface area (Å²) in [6.45, 7) is 0.911. The molecule has 28 heavy (non-hydrogen) atoms. The Bertz CT molecular complexity index is 965. The molecule has 6 nitrogen and oxygen atoms in total. The van der Waals surface area contributed by atoms with Gasteiger partial charge in [0.05, 0.1) is 12.2 Å². The molecular weight excluding hydrogens is 373 g/mol. The Morgan fingerprint density at radius 2 is 1.71 bits per heavy atom. The van der Waals surface area contributed by atoms with E-state index in [0.717, 1.165) is 23.4 Å². The number of hydrogen-bond acceptors (Lipinski definition) is 4. The van der Waals surface area contributed by atoms with Crippen LogP contribution in [0.3, 0.4) is 0 Å². The van der Waals surface area contributed by atoms with E-state index in [1.807, 2.05) is 36.5 Å². The van der Waals surface area contributed by atoms with Crippen LogP contribution in [-0.4, -0.2) is 45.3 Å². The van der Waals surface area contributed by atoms with E-state index in [9.17, 15) is 18.0 Å². The van der Waals surface area contributed by atoms with Crippen molar-refractivity contribution in [2.45, 2.75) is 12.4 Å². The summed E-state index contributed by atoms with van der Waals surface area (Å²) in [4.78, 5) is 14.0. The Balaban J connectivity index is 1.36. The molecule has 1 saturated heterocycles. The Morgan fingerprint density at radius 3 is 2.36 bits per heavy atom. The van der Waals surface area contributed by atoms with Crippen molar-refractivity contribution in [3.8, 4) is 17.0 Å². The van der Waals surface area contributed by atoms with Crippen molar-refractivity contribution in [2.75, 3.05) is 13.1 Å². The Hall–Kier alpha value is -3.36. The number of ether oxygens (including phenoxy) is 1. The Labute approximate surface area is 158 Å². The van der Waals surface area contributed by atoms with E-state index in [0.29, 0.717) is 18.7 Å². The molecule has 4 rings (SSSR count). The maximum absolute atomic E-state index is 12.4. The van der Waals surface area contributed by atoms with E-state index in [4.69, 9.17) is 0 Å². The molecule has 0 N–H and O–H groups in total. The van der Waals surface area contributed by atoms with Gasteiger partial charge in [-0.25, -0.2) is 4.68 Å². The van der Waals surface area contributed by atoms with Gasteiger partial charge in [-0.05, 0) is 24.3 Å².